The first-order valence-corrected chi connectivity index (χ1v) is 6.53. The molecule has 2 heterocycles. The van der Waals surface area contributed by atoms with E-state index in [0.717, 1.165) is 0 Å². The van der Waals surface area contributed by atoms with Crippen molar-refractivity contribution < 1.29 is 18.7 Å². The molecule has 1 aliphatic rings. The minimum Gasteiger partial charge on any atom is -0.454 e. The zero-order valence-electron chi connectivity index (χ0n) is 11.2. The molecule has 0 unspecified atom stereocenters. The van der Waals surface area contributed by atoms with Crippen molar-refractivity contribution in [3.63, 3.8) is 0 Å². The van der Waals surface area contributed by atoms with E-state index in [1.165, 1.54) is 0 Å². The summed E-state index contributed by atoms with van der Waals surface area (Å²) in [6.45, 7) is 0.156. The van der Waals surface area contributed by atoms with Crippen LogP contribution < -0.4 is 20.5 Å². The Bertz CT molecular complexity index is 941. The van der Waals surface area contributed by atoms with Crippen LogP contribution in [0, 0.1) is 0 Å². The van der Waals surface area contributed by atoms with Gasteiger partial charge in [0.05, 0.1) is 5.52 Å². The maximum absolute atomic E-state index is 12.2. The smallest absolute Gasteiger partial charge is 0.417 e. The molecule has 1 aromatic heterocycles. The quantitative estimate of drug-likeness (QED) is 0.755. The Morgan fingerprint density at radius 3 is 2.86 bits per heavy atom. The molecule has 2 N–H and O–H groups in total. The lowest BCUT2D eigenvalue weighted by Crippen LogP contribution is -2.11. The molecule has 7 heteroatoms. The molecule has 1 aliphatic heterocycles. The van der Waals surface area contributed by atoms with Crippen LogP contribution in [-0.4, -0.2) is 17.7 Å². The highest BCUT2D eigenvalue weighted by atomic mass is 16.7. The molecule has 22 heavy (non-hydrogen) atoms. The van der Waals surface area contributed by atoms with Gasteiger partial charge in [-0.05, 0) is 30.3 Å². The molecule has 0 atom stereocenters. The lowest BCUT2D eigenvalue weighted by molar-refractivity contribution is 0.102. The van der Waals surface area contributed by atoms with Crippen LogP contribution in [0.2, 0.25) is 0 Å². The Hall–Kier alpha value is -3.22. The van der Waals surface area contributed by atoms with Crippen LogP contribution in [0.15, 0.2) is 45.6 Å². The van der Waals surface area contributed by atoms with Crippen LogP contribution in [0.3, 0.4) is 0 Å². The van der Waals surface area contributed by atoms with E-state index in [9.17, 15) is 9.59 Å². The zero-order chi connectivity index (χ0) is 15.1. The second-order valence-corrected chi connectivity index (χ2v) is 4.75. The van der Waals surface area contributed by atoms with Crippen molar-refractivity contribution in [2.75, 3.05) is 12.1 Å². The lowest BCUT2D eigenvalue weighted by atomic mass is 10.2. The summed E-state index contributed by atoms with van der Waals surface area (Å²) in [5.74, 6) is 0.330. The number of aromatic amines is 1. The summed E-state index contributed by atoms with van der Waals surface area (Å²) in [7, 11) is 0. The van der Waals surface area contributed by atoms with Gasteiger partial charge in [0.25, 0.3) is 5.91 Å². The van der Waals surface area contributed by atoms with Crippen molar-refractivity contribution in [2.45, 2.75) is 0 Å². The van der Waals surface area contributed by atoms with Gasteiger partial charge in [-0.3, -0.25) is 9.78 Å². The second-order valence-electron chi connectivity index (χ2n) is 4.75. The molecule has 7 nitrogen and oxygen atoms in total. The van der Waals surface area contributed by atoms with E-state index in [-0.39, 0.29) is 12.7 Å². The number of benzene rings is 2. The van der Waals surface area contributed by atoms with E-state index in [1.54, 1.807) is 36.4 Å². The third-order valence-corrected chi connectivity index (χ3v) is 3.31. The molecule has 1 amide bonds. The molecular weight excluding hydrogens is 288 g/mol. The highest BCUT2D eigenvalue weighted by molar-refractivity contribution is 6.05. The molecule has 0 fully saturated rings. The third-order valence-electron chi connectivity index (χ3n) is 3.31. The van der Waals surface area contributed by atoms with Crippen LogP contribution in [0.1, 0.15) is 10.4 Å². The predicted octanol–water partition coefficient (Wildman–Crippen LogP) is 2.10. The van der Waals surface area contributed by atoms with Crippen LogP contribution in [0.4, 0.5) is 5.69 Å². The Labute approximate surface area is 123 Å². The van der Waals surface area contributed by atoms with E-state index in [4.69, 9.17) is 13.9 Å². The number of hydrogen-bond acceptors (Lipinski definition) is 5. The van der Waals surface area contributed by atoms with E-state index < -0.39 is 5.76 Å². The van der Waals surface area contributed by atoms with Gasteiger partial charge in [-0.1, -0.05) is 0 Å². The van der Waals surface area contributed by atoms with E-state index in [2.05, 4.69) is 10.3 Å². The van der Waals surface area contributed by atoms with Crippen molar-refractivity contribution in [1.82, 2.24) is 4.98 Å². The average Bonchev–Trinajstić information content (AvgIpc) is 3.10. The summed E-state index contributed by atoms with van der Waals surface area (Å²) in [5, 5.41) is 2.74. The number of hydrogen-bond donors (Lipinski definition) is 2. The zero-order valence-corrected chi connectivity index (χ0v) is 11.2. The monoisotopic (exact) mass is 298 g/mol. The Morgan fingerprint density at radius 1 is 1.09 bits per heavy atom. The fourth-order valence-electron chi connectivity index (χ4n) is 2.26. The first-order valence-electron chi connectivity index (χ1n) is 6.53. The number of fused-ring (bicyclic) bond motifs is 2. The molecule has 0 aliphatic carbocycles. The third kappa shape index (κ3) is 2.08. The lowest BCUT2D eigenvalue weighted by Gasteiger charge is -2.05. The molecule has 0 saturated carbocycles. The minimum atomic E-state index is -0.533. The standard InChI is InChI=1S/C15H10N2O5/c18-14(8-1-4-11-13(5-8)21-7-20-11)16-9-2-3-10-12(6-9)22-15(19)17-10/h1-6H,7H2,(H,16,18)(H,17,19). The number of oxazole rings is 1. The molecule has 0 spiro atoms. The van der Waals surface area contributed by atoms with Gasteiger partial charge in [-0.25, -0.2) is 4.79 Å². The van der Waals surface area contributed by atoms with Crippen LogP contribution in [0.25, 0.3) is 11.1 Å². The number of carbonyl (C=O) groups excluding carboxylic acids is 1. The van der Waals surface area contributed by atoms with E-state index >= 15 is 0 Å². The molecule has 3 aromatic rings. The van der Waals surface area contributed by atoms with Gasteiger partial charge in [0, 0.05) is 17.3 Å². The summed E-state index contributed by atoms with van der Waals surface area (Å²) in [6.07, 6.45) is 0. The van der Waals surface area contributed by atoms with E-state index in [0.29, 0.717) is 33.8 Å². The normalized spacial score (nSPS) is 12.5. The van der Waals surface area contributed by atoms with Gasteiger partial charge < -0.3 is 19.2 Å². The van der Waals surface area contributed by atoms with Crippen molar-refractivity contribution in [3.8, 4) is 11.5 Å². The van der Waals surface area contributed by atoms with Crippen LogP contribution >= 0.6 is 0 Å². The van der Waals surface area contributed by atoms with Crippen molar-refractivity contribution >= 4 is 22.7 Å². The summed E-state index contributed by atoms with van der Waals surface area (Å²) in [4.78, 5) is 25.9. The molecule has 4 rings (SSSR count). The van der Waals surface area contributed by atoms with Gasteiger partial charge in [-0.15, -0.1) is 0 Å². The molecule has 110 valence electrons. The maximum Gasteiger partial charge on any atom is 0.417 e. The first kappa shape index (κ1) is 12.5. The Balaban J connectivity index is 1.61. The first-order chi connectivity index (χ1) is 10.7. The number of aromatic nitrogens is 1. The van der Waals surface area contributed by atoms with Gasteiger partial charge >= 0.3 is 5.76 Å². The number of carbonyl (C=O) groups is 1. The number of H-pyrrole nitrogens is 1. The fraction of sp³-hybridized carbons (Fsp3) is 0.0667. The van der Waals surface area contributed by atoms with Gasteiger partial charge in [-0.2, -0.15) is 0 Å². The largest absolute Gasteiger partial charge is 0.454 e. The molecule has 0 saturated heterocycles. The summed E-state index contributed by atoms with van der Waals surface area (Å²) >= 11 is 0. The van der Waals surface area contributed by atoms with Crippen molar-refractivity contribution in [1.29, 1.82) is 0 Å². The number of ether oxygens (including phenoxy) is 2. The SMILES string of the molecule is O=C(Nc1ccc2[nH]c(=O)oc2c1)c1ccc2c(c1)OCO2. The molecule has 0 radical (unpaired) electrons. The summed E-state index contributed by atoms with van der Waals surface area (Å²) < 4.78 is 15.4. The second kappa shape index (κ2) is 4.66. The average molecular weight is 298 g/mol. The highest BCUT2D eigenvalue weighted by Crippen LogP contribution is 2.32. The maximum atomic E-state index is 12.2. The molecule has 0 bridgehead atoms. The van der Waals surface area contributed by atoms with Crippen LogP contribution in [-0.2, 0) is 0 Å². The van der Waals surface area contributed by atoms with Gasteiger partial charge in [0.15, 0.2) is 17.1 Å². The topological polar surface area (TPSA) is 93.6 Å². The highest BCUT2D eigenvalue weighted by Gasteiger charge is 2.16. The predicted molar refractivity (Wildman–Crippen MR) is 77.4 cm³/mol. The molecule has 2 aromatic carbocycles. The van der Waals surface area contributed by atoms with E-state index in [1.807, 2.05) is 0 Å². The Kier molecular flexibility index (Phi) is 2.65. The van der Waals surface area contributed by atoms with Crippen LogP contribution in [0.5, 0.6) is 11.5 Å². The number of anilines is 1. The fourth-order valence-corrected chi connectivity index (χ4v) is 2.26. The number of amides is 1. The van der Waals surface area contributed by atoms with Gasteiger partial charge in [0.2, 0.25) is 6.79 Å². The summed E-state index contributed by atoms with van der Waals surface area (Å²) in [6, 6.07) is 9.88. The number of rotatable bonds is 2. The minimum absolute atomic E-state index is 0.156. The number of nitrogens with one attached hydrogen (secondary N) is 2. The van der Waals surface area contributed by atoms with Crippen molar-refractivity contribution in [3.05, 3.63) is 52.5 Å². The summed E-state index contributed by atoms with van der Waals surface area (Å²) in [5.41, 5.74) is 1.93. The Morgan fingerprint density at radius 2 is 1.95 bits per heavy atom. The van der Waals surface area contributed by atoms with Crippen molar-refractivity contribution in [2.24, 2.45) is 0 Å². The molecular formula is C15H10N2O5. The van der Waals surface area contributed by atoms with Gasteiger partial charge in [0.1, 0.15) is 0 Å².